The number of hydrogen-bond acceptors (Lipinski definition) is 20. The van der Waals surface area contributed by atoms with Crippen molar-refractivity contribution >= 4 is 91.2 Å². The SMILES string of the molecule is C=CCCc1ccc(S(=O)(=O)c2ccccc2)cc1Br.CNC[C@@H]1CCc2ccc(S(=O)(=O)c3ccccc3)cc2O1.Cc1ccc(S(=O)(=O)OC[C@@H]2CCc3ccc(S(=O)(=O)c4ccccc4)cc3O2)cc1.O=S(=O)(c1ccccc1)c1ccc(CC[C@H](O)CO)c(Br)c1.O=S(=O)(c1ccccc1)c1ccc2c(c1)O[C@H](CO)CC2. The maximum atomic E-state index is 12.9. The van der Waals surface area contributed by atoms with Crippen LogP contribution >= 0.6 is 31.9 Å². The first-order chi connectivity index (χ1) is 55.5. The van der Waals surface area contributed by atoms with Crippen molar-refractivity contribution in [2.45, 2.75) is 149 Å². The Bertz CT molecular complexity index is 5880. The number of likely N-dealkylation sites (N-methyl/N-ethyl adjacent to an activating group) is 1. The van der Waals surface area contributed by atoms with Gasteiger partial charge in [-0.25, -0.2) is 42.1 Å². The Morgan fingerprint density at radius 3 is 1.09 bits per heavy atom. The molecule has 0 saturated carbocycles. The summed E-state index contributed by atoms with van der Waals surface area (Å²) in [5.74, 6) is 1.67. The maximum absolute atomic E-state index is 12.9. The van der Waals surface area contributed by atoms with Gasteiger partial charge in [0.25, 0.3) is 10.1 Å². The molecular formula is C88H89Br2NO19S6. The highest BCUT2D eigenvalue weighted by atomic mass is 79.9. The molecule has 0 aromatic heterocycles. The molecule has 11 aromatic carbocycles. The van der Waals surface area contributed by atoms with Gasteiger partial charge in [0.05, 0.1) is 73.2 Å². The smallest absolute Gasteiger partial charge is 0.297 e. The third kappa shape index (κ3) is 23.3. The van der Waals surface area contributed by atoms with Crippen molar-refractivity contribution in [3.05, 3.63) is 322 Å². The van der Waals surface area contributed by atoms with Crippen molar-refractivity contribution in [3.63, 3.8) is 0 Å². The van der Waals surface area contributed by atoms with Crippen LogP contribution in [0.5, 0.6) is 17.2 Å². The number of fused-ring (bicyclic) bond motifs is 3. The number of rotatable bonds is 24. The van der Waals surface area contributed by atoms with Crippen molar-refractivity contribution < 1.29 is 84.2 Å². The molecule has 0 radical (unpaired) electrons. The fourth-order valence-electron chi connectivity index (χ4n) is 12.4. The molecule has 0 bridgehead atoms. The van der Waals surface area contributed by atoms with Crippen LogP contribution < -0.4 is 19.5 Å². The lowest BCUT2D eigenvalue weighted by atomic mass is 10.0. The largest absolute Gasteiger partial charge is 0.489 e. The molecule has 0 aliphatic carbocycles. The Morgan fingerprint density at radius 2 is 0.741 bits per heavy atom. The van der Waals surface area contributed by atoms with Gasteiger partial charge < -0.3 is 34.8 Å². The van der Waals surface area contributed by atoms with Crippen LogP contribution in [0.2, 0.25) is 0 Å². The Kier molecular flexibility index (Phi) is 31.5. The standard InChI is InChI=1S/C23H22O6S2.C17H19NO3S.C16H17BrO4S.C16H15BrO2S.C16H16O4S/c1-17-7-12-21(13-8-17)31(26,27)28-16-19-11-9-18-10-14-22(15-23(18)29-19)30(24,25)20-5-3-2-4-6-20;1-18-12-14-9-7-13-8-10-16(11-17(13)21-14)22(19,20)15-5-3-2-4-6-15;17-16-10-15(9-7-12(16)6-8-13(19)11-18)22(20,21)14-4-2-1-3-5-14;1-2-3-7-13-10-11-15(12-16(13)17)20(18,19)14-8-5-4-6-9-14;17-11-13-8-6-12-7-9-15(10-16(12)20-13)21(18,19)14-4-2-1-3-5-14/h2-8,10,12-15,19H,9,11,16H2,1H3;2-6,8,10-11,14,18H,7,9,12H2,1H3;1-5,7,9-10,13,18-19H,6,8,11H2;2,4-6,8-12H,1,3,7H2;1-5,7,9-10,13,17H,6,8,11H2/t19-;14-;13-;;13-/m000.0/s1. The lowest BCUT2D eigenvalue weighted by molar-refractivity contribution is 0.0885. The summed E-state index contributed by atoms with van der Waals surface area (Å²) in [5.41, 5.74) is 5.85. The first kappa shape index (κ1) is 89.4. The second-order valence-electron chi connectivity index (χ2n) is 27.2. The van der Waals surface area contributed by atoms with Crippen LogP contribution in [0.25, 0.3) is 0 Å². The molecule has 4 N–H and O–H groups in total. The van der Waals surface area contributed by atoms with Gasteiger partial charge in [-0.2, -0.15) is 8.42 Å². The summed E-state index contributed by atoms with van der Waals surface area (Å²) >= 11 is 6.82. The Labute approximate surface area is 696 Å². The van der Waals surface area contributed by atoms with E-state index in [1.165, 1.54) is 18.2 Å². The van der Waals surface area contributed by atoms with Crippen molar-refractivity contribution in [1.82, 2.24) is 5.32 Å². The summed E-state index contributed by atoms with van der Waals surface area (Å²) in [4.78, 5) is 2.57. The molecule has 20 nitrogen and oxygen atoms in total. The van der Waals surface area contributed by atoms with E-state index in [9.17, 15) is 60.7 Å². The number of benzene rings is 11. The fraction of sp³-hybridized carbons (Fsp3) is 0.227. The first-order valence-corrected chi connectivity index (χ1v) is 47.5. The number of ether oxygens (including phenoxy) is 3. The Hall–Kier alpha value is -8.98. The van der Waals surface area contributed by atoms with Gasteiger partial charge in [0.1, 0.15) is 42.2 Å². The molecule has 3 aliphatic heterocycles. The summed E-state index contributed by atoms with van der Waals surface area (Å²) in [6, 6.07) is 73.1. The predicted molar refractivity (Wildman–Crippen MR) is 451 cm³/mol. The molecule has 116 heavy (non-hydrogen) atoms. The van der Waals surface area contributed by atoms with E-state index < -0.39 is 71.5 Å². The monoisotopic (exact) mass is 1810 g/mol. The van der Waals surface area contributed by atoms with E-state index in [-0.39, 0.29) is 71.2 Å². The number of halogens is 2. The number of sulfone groups is 5. The molecule has 3 aliphatic rings. The van der Waals surface area contributed by atoms with E-state index in [0.717, 1.165) is 82.9 Å². The molecule has 28 heteroatoms. The van der Waals surface area contributed by atoms with Gasteiger partial charge in [-0.15, -0.1) is 6.58 Å². The van der Waals surface area contributed by atoms with Gasteiger partial charge in [-0.1, -0.05) is 177 Å². The van der Waals surface area contributed by atoms with E-state index in [1.54, 1.807) is 237 Å². The minimum atomic E-state index is -3.90. The van der Waals surface area contributed by atoms with Crippen molar-refractivity contribution in [2.24, 2.45) is 0 Å². The van der Waals surface area contributed by atoms with Crippen LogP contribution in [-0.2, 0) is 95.6 Å². The third-order valence-electron chi connectivity index (χ3n) is 19.0. The second kappa shape index (κ2) is 40.9. The molecular weight excluding hydrogens is 1730 g/mol. The summed E-state index contributed by atoms with van der Waals surface area (Å²) in [7, 11) is -19.7. The highest BCUT2D eigenvalue weighted by Gasteiger charge is 2.30. The summed E-state index contributed by atoms with van der Waals surface area (Å²) in [6.07, 6.45) is 7.68. The third-order valence-corrected chi connectivity index (χ3v) is 30.6. The molecule has 0 unspecified atom stereocenters. The predicted octanol–water partition coefficient (Wildman–Crippen LogP) is 15.5. The average Bonchev–Trinajstić information content (AvgIpc) is 0.796. The Morgan fingerprint density at radius 1 is 0.422 bits per heavy atom. The van der Waals surface area contributed by atoms with Crippen molar-refractivity contribution in [2.75, 3.05) is 33.4 Å². The van der Waals surface area contributed by atoms with Gasteiger partial charge in [0, 0.05) is 15.5 Å². The number of aliphatic hydroxyl groups excluding tert-OH is 3. The highest BCUT2D eigenvalue weighted by Crippen LogP contribution is 2.37. The normalized spacial score (nSPS) is 15.4. The number of aryl methyl sites for hydroxylation is 6. The number of nitrogens with one attached hydrogen (secondary N) is 1. The van der Waals surface area contributed by atoms with E-state index in [4.69, 9.17) is 23.5 Å². The molecule has 0 saturated heterocycles. The maximum Gasteiger partial charge on any atom is 0.297 e. The zero-order chi connectivity index (χ0) is 83.3. The van der Waals surface area contributed by atoms with E-state index in [0.29, 0.717) is 62.1 Å². The first-order valence-electron chi connectivity index (χ1n) is 37.1. The van der Waals surface area contributed by atoms with Gasteiger partial charge in [-0.3, -0.25) is 4.18 Å². The van der Waals surface area contributed by atoms with Crippen LogP contribution in [0.3, 0.4) is 0 Å². The average molecular weight is 1820 g/mol. The molecule has 610 valence electrons. The van der Waals surface area contributed by atoms with Crippen LogP contribution in [0.1, 0.15) is 65.5 Å². The molecule has 0 spiro atoms. The molecule has 11 aromatic rings. The molecule has 14 rings (SSSR count). The van der Waals surface area contributed by atoms with Crippen LogP contribution in [0.4, 0.5) is 0 Å². The molecule has 3 heterocycles. The highest BCUT2D eigenvalue weighted by molar-refractivity contribution is 9.10. The van der Waals surface area contributed by atoms with Gasteiger partial charge in [-0.05, 0) is 239 Å². The van der Waals surface area contributed by atoms with Crippen molar-refractivity contribution in [1.29, 1.82) is 0 Å². The second-order valence-corrected chi connectivity index (χ2v) is 40.3. The lowest BCUT2D eigenvalue weighted by Gasteiger charge is -2.26. The fourth-order valence-corrected chi connectivity index (χ4v) is 21.3. The minimum absolute atomic E-state index is 0.0604. The minimum Gasteiger partial charge on any atom is -0.489 e. The number of aliphatic hydroxyl groups is 3. The van der Waals surface area contributed by atoms with Crippen LogP contribution in [0, 0.1) is 6.92 Å². The van der Waals surface area contributed by atoms with Crippen LogP contribution in [-0.4, -0.2) is 124 Å². The zero-order valence-electron chi connectivity index (χ0n) is 63.5. The number of allylic oxidation sites excluding steroid dienone is 1. The van der Waals surface area contributed by atoms with E-state index >= 15 is 0 Å². The Balaban J connectivity index is 0.000000155. The zero-order valence-corrected chi connectivity index (χ0v) is 71.5. The van der Waals surface area contributed by atoms with Crippen LogP contribution in [0.15, 0.2) is 342 Å². The molecule has 0 amide bonds. The van der Waals surface area contributed by atoms with E-state index in [2.05, 4.69) is 43.8 Å². The molecule has 4 atom stereocenters. The summed E-state index contributed by atoms with van der Waals surface area (Å²) < 4.78 is 175. The van der Waals surface area contributed by atoms with Gasteiger partial charge in [0.2, 0.25) is 49.2 Å². The number of hydrogen-bond donors (Lipinski definition) is 4. The topological polar surface area (TPSA) is 314 Å². The summed E-state index contributed by atoms with van der Waals surface area (Å²) in [6.45, 7) is 5.83. The quantitative estimate of drug-likeness (QED) is 0.0323. The van der Waals surface area contributed by atoms with Gasteiger partial charge in [0.15, 0.2) is 0 Å². The lowest BCUT2D eigenvalue weighted by Crippen LogP contribution is -2.32. The summed E-state index contributed by atoms with van der Waals surface area (Å²) in [5, 5.41) is 30.5. The van der Waals surface area contributed by atoms with Crippen molar-refractivity contribution in [3.8, 4) is 17.2 Å². The van der Waals surface area contributed by atoms with E-state index in [1.807, 2.05) is 32.2 Å². The molecule has 0 fully saturated rings. The van der Waals surface area contributed by atoms with Gasteiger partial charge >= 0.3 is 0 Å².